The quantitative estimate of drug-likeness (QED) is 0.794. The lowest BCUT2D eigenvalue weighted by Crippen LogP contribution is -2.51. The molecule has 2 amide bonds. The second-order valence-corrected chi connectivity index (χ2v) is 4.90. The predicted molar refractivity (Wildman–Crippen MR) is 71.5 cm³/mol. The smallest absolute Gasteiger partial charge is 0.255 e. The number of nitrogens with zero attached hydrogens (tertiary/aromatic N) is 2. The van der Waals surface area contributed by atoms with Crippen molar-refractivity contribution in [1.82, 2.24) is 4.90 Å². The summed E-state index contributed by atoms with van der Waals surface area (Å²) < 4.78 is 14.1. The molecule has 6 nitrogen and oxygen atoms in total. The number of nitrogens with two attached hydrogens (primary N) is 2. The number of halogens is 1. The summed E-state index contributed by atoms with van der Waals surface area (Å²) in [4.78, 5) is 29.0. The average Bonchev–Trinajstić information content (AvgIpc) is 2.35. The summed E-state index contributed by atoms with van der Waals surface area (Å²) in [7, 11) is 1.55. The van der Waals surface area contributed by atoms with Gasteiger partial charge in [-0.05, 0) is 25.1 Å². The van der Waals surface area contributed by atoms with Crippen molar-refractivity contribution < 1.29 is 14.0 Å². The number of carbonyl (C=O) groups is 2. The first-order chi connectivity index (χ1) is 9.25. The third-order valence-electron chi connectivity index (χ3n) is 3.30. The number of amides is 2. The molecular weight excluding hydrogens is 263 g/mol. The van der Waals surface area contributed by atoms with Crippen molar-refractivity contribution in [3.05, 3.63) is 35.1 Å². The molecule has 1 aromatic carbocycles. The van der Waals surface area contributed by atoms with Crippen LogP contribution in [0.1, 0.15) is 22.8 Å². The molecule has 1 heterocycles. The Hall–Kier alpha value is -2.44. The number of carbonyl (C=O) groups excluding carboxylic acids is 2. The summed E-state index contributed by atoms with van der Waals surface area (Å²) in [5.74, 6) is -1.52. The van der Waals surface area contributed by atoms with E-state index in [1.54, 1.807) is 7.05 Å². The number of likely N-dealkylation sites (N-methyl/N-ethyl adjacent to an activating group) is 1. The van der Waals surface area contributed by atoms with Gasteiger partial charge in [0.1, 0.15) is 11.7 Å². The Labute approximate surface area is 115 Å². The summed E-state index contributed by atoms with van der Waals surface area (Å²) in [5.41, 5.74) is 9.46. The van der Waals surface area contributed by atoms with Crippen molar-refractivity contribution in [2.75, 3.05) is 13.6 Å². The molecule has 1 unspecified atom stereocenters. The van der Waals surface area contributed by atoms with E-state index in [0.717, 1.165) is 6.07 Å². The monoisotopic (exact) mass is 278 g/mol. The number of amidine groups is 1. The van der Waals surface area contributed by atoms with Crippen LogP contribution in [-0.2, 0) is 10.3 Å². The minimum atomic E-state index is -1.49. The van der Waals surface area contributed by atoms with E-state index in [1.165, 1.54) is 24.0 Å². The van der Waals surface area contributed by atoms with Crippen molar-refractivity contribution >= 4 is 17.6 Å². The summed E-state index contributed by atoms with van der Waals surface area (Å²) in [5, 5.41) is 0. The van der Waals surface area contributed by atoms with Gasteiger partial charge >= 0.3 is 0 Å². The van der Waals surface area contributed by atoms with Crippen LogP contribution in [0.2, 0.25) is 0 Å². The molecule has 1 aliphatic rings. The number of hydrogen-bond acceptors (Lipinski definition) is 4. The Morgan fingerprint density at radius 1 is 1.50 bits per heavy atom. The van der Waals surface area contributed by atoms with Crippen LogP contribution in [0.25, 0.3) is 0 Å². The maximum absolute atomic E-state index is 14.1. The Balaban J connectivity index is 2.64. The van der Waals surface area contributed by atoms with Crippen LogP contribution in [-0.4, -0.2) is 36.1 Å². The molecule has 0 aromatic heterocycles. The molecule has 0 saturated carbocycles. The van der Waals surface area contributed by atoms with E-state index in [-0.39, 0.29) is 23.5 Å². The SMILES string of the molecule is CN1CC(N)=NC(C)(c2cc(C(N)=O)ccc2F)C1=O. The van der Waals surface area contributed by atoms with Crippen molar-refractivity contribution in [1.29, 1.82) is 0 Å². The van der Waals surface area contributed by atoms with Crippen molar-refractivity contribution in [2.24, 2.45) is 16.5 Å². The summed E-state index contributed by atoms with van der Waals surface area (Å²) in [6.07, 6.45) is 0. The highest BCUT2D eigenvalue weighted by Crippen LogP contribution is 2.32. The maximum Gasteiger partial charge on any atom is 0.255 e. The van der Waals surface area contributed by atoms with Crippen molar-refractivity contribution in [3.63, 3.8) is 0 Å². The molecule has 0 fully saturated rings. The van der Waals surface area contributed by atoms with Gasteiger partial charge in [0.05, 0.1) is 6.54 Å². The van der Waals surface area contributed by atoms with Gasteiger partial charge in [-0.25, -0.2) is 9.38 Å². The predicted octanol–water partition coefficient (Wildman–Crippen LogP) is -0.0310. The van der Waals surface area contributed by atoms with Gasteiger partial charge in [-0.3, -0.25) is 9.59 Å². The molecule has 4 N–H and O–H groups in total. The third kappa shape index (κ3) is 2.11. The van der Waals surface area contributed by atoms with E-state index in [9.17, 15) is 14.0 Å². The first kappa shape index (κ1) is 14.0. The molecule has 1 atom stereocenters. The maximum atomic E-state index is 14.1. The lowest BCUT2D eigenvalue weighted by atomic mass is 9.88. The van der Waals surface area contributed by atoms with Crippen LogP contribution in [0.4, 0.5) is 4.39 Å². The molecule has 0 saturated heterocycles. The average molecular weight is 278 g/mol. The number of benzene rings is 1. The second kappa shape index (κ2) is 4.59. The first-order valence-corrected chi connectivity index (χ1v) is 5.95. The number of primary amides is 1. The first-order valence-electron chi connectivity index (χ1n) is 5.95. The van der Waals surface area contributed by atoms with Crippen LogP contribution in [0.5, 0.6) is 0 Å². The molecule has 20 heavy (non-hydrogen) atoms. The molecule has 0 radical (unpaired) electrons. The van der Waals surface area contributed by atoms with Gasteiger partial charge in [-0.2, -0.15) is 0 Å². The summed E-state index contributed by atoms with van der Waals surface area (Å²) in [6.45, 7) is 1.65. The van der Waals surface area contributed by atoms with Gasteiger partial charge in [0, 0.05) is 18.2 Å². The molecule has 0 aliphatic carbocycles. The fraction of sp³-hybridized carbons (Fsp3) is 0.308. The van der Waals surface area contributed by atoms with E-state index in [1.807, 2.05) is 0 Å². The lowest BCUT2D eigenvalue weighted by Gasteiger charge is -2.34. The Bertz CT molecular complexity index is 629. The molecule has 2 rings (SSSR count). The number of hydrogen-bond donors (Lipinski definition) is 2. The van der Waals surface area contributed by atoms with Gasteiger partial charge in [-0.1, -0.05) is 0 Å². The molecule has 1 aliphatic heterocycles. The fourth-order valence-electron chi connectivity index (χ4n) is 2.28. The van der Waals surface area contributed by atoms with Crippen LogP contribution in [0.3, 0.4) is 0 Å². The van der Waals surface area contributed by atoms with E-state index in [0.29, 0.717) is 0 Å². The van der Waals surface area contributed by atoms with Gasteiger partial charge in [0.2, 0.25) is 5.91 Å². The molecule has 1 aromatic rings. The zero-order valence-corrected chi connectivity index (χ0v) is 11.2. The van der Waals surface area contributed by atoms with E-state index >= 15 is 0 Å². The van der Waals surface area contributed by atoms with Crippen LogP contribution in [0.15, 0.2) is 23.2 Å². The third-order valence-corrected chi connectivity index (χ3v) is 3.30. The topological polar surface area (TPSA) is 102 Å². The zero-order valence-electron chi connectivity index (χ0n) is 11.2. The van der Waals surface area contributed by atoms with E-state index in [2.05, 4.69) is 4.99 Å². The summed E-state index contributed by atoms with van der Waals surface area (Å²) in [6, 6.07) is 3.59. The lowest BCUT2D eigenvalue weighted by molar-refractivity contribution is -0.135. The minimum absolute atomic E-state index is 0.0201. The largest absolute Gasteiger partial charge is 0.386 e. The van der Waals surface area contributed by atoms with Gasteiger partial charge < -0.3 is 16.4 Å². The Morgan fingerprint density at radius 2 is 2.15 bits per heavy atom. The van der Waals surface area contributed by atoms with Crippen LogP contribution < -0.4 is 11.5 Å². The molecule has 7 heteroatoms. The molecular formula is C13H15FN4O2. The van der Waals surface area contributed by atoms with E-state index < -0.39 is 23.2 Å². The second-order valence-electron chi connectivity index (χ2n) is 4.90. The van der Waals surface area contributed by atoms with Crippen LogP contribution in [0, 0.1) is 5.82 Å². The van der Waals surface area contributed by atoms with Gasteiger partial charge in [-0.15, -0.1) is 0 Å². The fourth-order valence-corrected chi connectivity index (χ4v) is 2.28. The molecule has 0 bridgehead atoms. The molecule has 106 valence electrons. The zero-order chi connectivity index (χ0) is 15.1. The number of aliphatic imine (C=N–C) groups is 1. The normalized spacial score (nSPS) is 22.6. The van der Waals surface area contributed by atoms with Crippen molar-refractivity contribution in [2.45, 2.75) is 12.5 Å². The molecule has 0 spiro atoms. The van der Waals surface area contributed by atoms with Crippen LogP contribution >= 0.6 is 0 Å². The number of rotatable bonds is 2. The highest BCUT2D eigenvalue weighted by atomic mass is 19.1. The Kier molecular flexibility index (Phi) is 3.21. The standard InChI is InChI=1S/C13H15FN4O2/c1-13(12(20)18(2)6-10(15)17-13)8-5-7(11(16)19)3-4-9(8)14/h3-5H,6H2,1-2H3,(H2,15,17)(H2,16,19). The highest BCUT2D eigenvalue weighted by Gasteiger charge is 2.42. The Morgan fingerprint density at radius 3 is 2.75 bits per heavy atom. The van der Waals surface area contributed by atoms with Crippen molar-refractivity contribution in [3.8, 4) is 0 Å². The van der Waals surface area contributed by atoms with Gasteiger partial charge in [0.25, 0.3) is 5.91 Å². The minimum Gasteiger partial charge on any atom is -0.386 e. The van der Waals surface area contributed by atoms with E-state index in [4.69, 9.17) is 11.5 Å². The summed E-state index contributed by atoms with van der Waals surface area (Å²) >= 11 is 0. The van der Waals surface area contributed by atoms with Gasteiger partial charge in [0.15, 0.2) is 5.54 Å². The highest BCUT2D eigenvalue weighted by molar-refractivity contribution is 5.99.